The molecule has 0 unspecified atom stereocenters. The minimum Gasteiger partial charge on any atom is -0.336 e. The number of nitrogens with one attached hydrogen (secondary N) is 1. The summed E-state index contributed by atoms with van der Waals surface area (Å²) in [4.78, 5) is 44.1. The van der Waals surface area contributed by atoms with Gasteiger partial charge in [0.15, 0.2) is 0 Å². The smallest absolute Gasteiger partial charge is 0.324 e. The van der Waals surface area contributed by atoms with Crippen molar-refractivity contribution in [3.63, 3.8) is 0 Å². The second-order valence-electron chi connectivity index (χ2n) is 9.11. The number of hydrogen-bond acceptors (Lipinski definition) is 5. The summed E-state index contributed by atoms with van der Waals surface area (Å²) < 4.78 is 0. The molecular formula is C22H38N4O3. The van der Waals surface area contributed by atoms with Crippen LogP contribution in [0.3, 0.4) is 0 Å². The lowest BCUT2D eigenvalue weighted by atomic mass is 9.74. The van der Waals surface area contributed by atoms with E-state index in [1.165, 1.54) is 17.7 Å². The van der Waals surface area contributed by atoms with E-state index in [9.17, 15) is 14.4 Å². The average molecular weight is 407 g/mol. The van der Waals surface area contributed by atoms with Crippen LogP contribution in [0.5, 0.6) is 0 Å². The van der Waals surface area contributed by atoms with E-state index in [1.54, 1.807) is 0 Å². The second-order valence-corrected chi connectivity index (χ2v) is 9.11. The first kappa shape index (κ1) is 22.2. The molecule has 1 aliphatic carbocycles. The van der Waals surface area contributed by atoms with Gasteiger partial charge in [-0.1, -0.05) is 13.3 Å². The Hall–Kier alpha value is -1.47. The molecule has 0 radical (unpaired) electrons. The Morgan fingerprint density at radius 2 is 2.00 bits per heavy atom. The zero-order valence-corrected chi connectivity index (χ0v) is 18.2. The molecule has 0 aromatic rings. The fourth-order valence-electron chi connectivity index (χ4n) is 5.27. The number of imide groups is 1. The van der Waals surface area contributed by atoms with Crippen LogP contribution in [0.25, 0.3) is 0 Å². The molecule has 7 heteroatoms. The van der Waals surface area contributed by atoms with Gasteiger partial charge in [-0.3, -0.25) is 14.5 Å². The fraction of sp³-hybridized carbons (Fsp3) is 0.864. The maximum absolute atomic E-state index is 13.3. The van der Waals surface area contributed by atoms with Crippen molar-refractivity contribution in [3.05, 3.63) is 0 Å². The number of likely N-dealkylation sites (tertiary alicyclic amines) is 2. The molecule has 2 heterocycles. The lowest BCUT2D eigenvalue weighted by molar-refractivity contribution is -0.138. The highest BCUT2D eigenvalue weighted by atomic mass is 16.2. The predicted molar refractivity (Wildman–Crippen MR) is 113 cm³/mol. The Bertz CT molecular complexity index is 591. The standard InChI is InChI=1S/C22H38N4O3/c1-3-4-12-26(22(29)23-9-13-25-10-5-6-11-25)21(28)18-14-17-15-19(27)7-8-20(17)24(2)16-18/h17-18,20H,3-16H2,1-2H3,(H,23,29)/t17-,18-,20-/m1/s1. The van der Waals surface area contributed by atoms with Crippen LogP contribution in [0, 0.1) is 11.8 Å². The first-order valence-electron chi connectivity index (χ1n) is 11.5. The van der Waals surface area contributed by atoms with Gasteiger partial charge in [0.25, 0.3) is 0 Å². The number of rotatable bonds is 7. The number of unbranched alkanes of at least 4 members (excludes halogenated alkanes) is 1. The van der Waals surface area contributed by atoms with Crippen LogP contribution in [-0.2, 0) is 9.59 Å². The number of ketones is 1. The molecule has 3 aliphatic rings. The summed E-state index contributed by atoms with van der Waals surface area (Å²) in [5.74, 6) is 0.291. The molecule has 2 aliphatic heterocycles. The largest absolute Gasteiger partial charge is 0.336 e. The summed E-state index contributed by atoms with van der Waals surface area (Å²) in [6, 6.07) is 0.141. The Kier molecular flexibility index (Phi) is 8.07. The summed E-state index contributed by atoms with van der Waals surface area (Å²) in [7, 11) is 2.05. The summed E-state index contributed by atoms with van der Waals surface area (Å²) in [6.45, 7) is 6.85. The van der Waals surface area contributed by atoms with Crippen molar-refractivity contribution in [1.29, 1.82) is 0 Å². The monoisotopic (exact) mass is 406 g/mol. The highest BCUT2D eigenvalue weighted by Gasteiger charge is 2.42. The lowest BCUT2D eigenvalue weighted by Gasteiger charge is -2.45. The van der Waals surface area contributed by atoms with Gasteiger partial charge in [-0.25, -0.2) is 4.79 Å². The third-order valence-electron chi connectivity index (χ3n) is 6.91. The summed E-state index contributed by atoms with van der Waals surface area (Å²) in [5, 5.41) is 2.97. The van der Waals surface area contributed by atoms with E-state index in [1.807, 2.05) is 0 Å². The number of piperidine rings is 1. The van der Waals surface area contributed by atoms with Crippen molar-refractivity contribution in [2.24, 2.45) is 11.8 Å². The van der Waals surface area contributed by atoms with E-state index >= 15 is 0 Å². The van der Waals surface area contributed by atoms with Crippen molar-refractivity contribution < 1.29 is 14.4 Å². The molecule has 164 valence electrons. The number of hydrogen-bond donors (Lipinski definition) is 1. The lowest BCUT2D eigenvalue weighted by Crippen LogP contribution is -2.55. The van der Waals surface area contributed by atoms with Gasteiger partial charge in [0.2, 0.25) is 5.91 Å². The van der Waals surface area contributed by atoms with Crippen molar-refractivity contribution in [1.82, 2.24) is 20.0 Å². The molecule has 0 bridgehead atoms. The molecule has 0 aromatic heterocycles. The number of carbonyl (C=O) groups excluding carboxylic acids is 3. The number of amides is 3. The van der Waals surface area contributed by atoms with E-state index in [0.29, 0.717) is 44.3 Å². The third kappa shape index (κ3) is 5.79. The molecule has 3 amide bonds. The Labute approximate surface area is 175 Å². The van der Waals surface area contributed by atoms with E-state index in [4.69, 9.17) is 0 Å². The van der Waals surface area contributed by atoms with Gasteiger partial charge < -0.3 is 15.1 Å². The number of carbonyl (C=O) groups is 3. The van der Waals surface area contributed by atoms with E-state index < -0.39 is 0 Å². The van der Waals surface area contributed by atoms with Gasteiger partial charge in [-0.2, -0.15) is 0 Å². The Balaban J connectivity index is 1.58. The first-order valence-corrected chi connectivity index (χ1v) is 11.5. The van der Waals surface area contributed by atoms with Crippen LogP contribution in [0.2, 0.25) is 0 Å². The van der Waals surface area contributed by atoms with Gasteiger partial charge in [0.05, 0.1) is 5.92 Å². The summed E-state index contributed by atoms with van der Waals surface area (Å²) in [5.41, 5.74) is 0. The molecule has 3 atom stereocenters. The topological polar surface area (TPSA) is 73.0 Å². The van der Waals surface area contributed by atoms with Gasteiger partial charge >= 0.3 is 6.03 Å². The highest BCUT2D eigenvalue weighted by molar-refractivity contribution is 5.95. The van der Waals surface area contributed by atoms with E-state index in [0.717, 1.165) is 45.3 Å². The Morgan fingerprint density at radius 1 is 1.24 bits per heavy atom. The average Bonchev–Trinajstić information content (AvgIpc) is 3.21. The summed E-state index contributed by atoms with van der Waals surface area (Å²) >= 11 is 0. The van der Waals surface area contributed by atoms with Crippen LogP contribution in [0.1, 0.15) is 58.3 Å². The number of nitrogens with zero attached hydrogens (tertiary/aromatic N) is 3. The van der Waals surface area contributed by atoms with Crippen LogP contribution in [-0.4, -0.2) is 84.8 Å². The molecule has 1 saturated carbocycles. The summed E-state index contributed by atoms with van der Waals surface area (Å²) in [6.07, 6.45) is 7.08. The Morgan fingerprint density at radius 3 is 2.72 bits per heavy atom. The zero-order chi connectivity index (χ0) is 20.8. The van der Waals surface area contributed by atoms with Crippen LogP contribution in [0.4, 0.5) is 4.79 Å². The normalized spacial score (nSPS) is 28.2. The van der Waals surface area contributed by atoms with Crippen LogP contribution >= 0.6 is 0 Å². The molecule has 3 fully saturated rings. The molecule has 29 heavy (non-hydrogen) atoms. The zero-order valence-electron chi connectivity index (χ0n) is 18.2. The van der Waals surface area contributed by atoms with Crippen molar-refractivity contribution in [2.45, 2.75) is 64.3 Å². The second kappa shape index (κ2) is 10.5. The quantitative estimate of drug-likeness (QED) is 0.701. The molecule has 7 nitrogen and oxygen atoms in total. The third-order valence-corrected chi connectivity index (χ3v) is 6.91. The van der Waals surface area contributed by atoms with Gasteiger partial charge in [0.1, 0.15) is 5.78 Å². The maximum Gasteiger partial charge on any atom is 0.324 e. The first-order chi connectivity index (χ1) is 14.0. The predicted octanol–water partition coefficient (Wildman–Crippen LogP) is 2.11. The van der Waals surface area contributed by atoms with Crippen molar-refractivity contribution >= 4 is 17.7 Å². The minimum atomic E-state index is -0.257. The molecule has 1 N–H and O–H groups in total. The number of fused-ring (bicyclic) bond motifs is 1. The number of Topliss-reactive ketones (excluding diaryl/α,β-unsaturated/α-hetero) is 1. The van der Waals surface area contributed by atoms with E-state index in [-0.39, 0.29) is 23.8 Å². The van der Waals surface area contributed by atoms with E-state index in [2.05, 4.69) is 29.1 Å². The fourth-order valence-corrected chi connectivity index (χ4v) is 5.27. The molecule has 3 rings (SSSR count). The highest BCUT2D eigenvalue weighted by Crippen LogP contribution is 2.36. The van der Waals surface area contributed by atoms with Crippen LogP contribution in [0.15, 0.2) is 0 Å². The molecular weight excluding hydrogens is 368 g/mol. The molecule has 0 aromatic carbocycles. The maximum atomic E-state index is 13.3. The van der Waals surface area contributed by atoms with Gasteiger partial charge in [-0.05, 0) is 58.2 Å². The van der Waals surface area contributed by atoms with Crippen LogP contribution < -0.4 is 5.32 Å². The number of urea groups is 1. The van der Waals surface area contributed by atoms with Crippen molar-refractivity contribution in [3.8, 4) is 0 Å². The molecule has 2 saturated heterocycles. The SMILES string of the molecule is CCCCN(C(=O)NCCN1CCCC1)C(=O)[C@@H]1C[C@@H]2CC(=O)CC[C@H]2N(C)C1. The van der Waals surface area contributed by atoms with Crippen molar-refractivity contribution in [2.75, 3.05) is 46.3 Å². The van der Waals surface area contributed by atoms with Gasteiger partial charge in [-0.15, -0.1) is 0 Å². The molecule has 0 spiro atoms. The van der Waals surface area contributed by atoms with Gasteiger partial charge in [0, 0.05) is 45.1 Å². The minimum absolute atomic E-state index is 0.0690.